The zero-order valence-electron chi connectivity index (χ0n) is 7.90. The van der Waals surface area contributed by atoms with Crippen LogP contribution in [0.1, 0.15) is 5.69 Å². The van der Waals surface area contributed by atoms with Gasteiger partial charge in [-0.25, -0.2) is 4.98 Å². The standard InChI is InChI=1S/C10H15N3/c1-3-7-13(2)10-6-4-5-9(8-11)12-10/h3-6H,1,7-8,11H2,2H3. The number of nitrogens with zero attached hydrogens (tertiary/aromatic N) is 2. The smallest absolute Gasteiger partial charge is 0.128 e. The number of hydrogen-bond acceptors (Lipinski definition) is 3. The summed E-state index contributed by atoms with van der Waals surface area (Å²) in [5, 5.41) is 0. The van der Waals surface area contributed by atoms with Gasteiger partial charge in [-0.2, -0.15) is 0 Å². The maximum Gasteiger partial charge on any atom is 0.128 e. The third-order valence-corrected chi connectivity index (χ3v) is 1.80. The van der Waals surface area contributed by atoms with Crippen molar-refractivity contribution in [2.75, 3.05) is 18.5 Å². The summed E-state index contributed by atoms with van der Waals surface area (Å²) < 4.78 is 0. The largest absolute Gasteiger partial charge is 0.356 e. The summed E-state index contributed by atoms with van der Waals surface area (Å²) in [4.78, 5) is 6.38. The van der Waals surface area contributed by atoms with Gasteiger partial charge in [0.2, 0.25) is 0 Å². The molecule has 3 heteroatoms. The van der Waals surface area contributed by atoms with Crippen LogP contribution in [-0.2, 0) is 6.54 Å². The highest BCUT2D eigenvalue weighted by atomic mass is 15.2. The first kappa shape index (κ1) is 9.74. The van der Waals surface area contributed by atoms with E-state index < -0.39 is 0 Å². The zero-order valence-corrected chi connectivity index (χ0v) is 7.90. The molecule has 3 nitrogen and oxygen atoms in total. The average Bonchev–Trinajstić information content (AvgIpc) is 2.18. The quantitative estimate of drug-likeness (QED) is 0.702. The monoisotopic (exact) mass is 177 g/mol. The molecule has 1 heterocycles. The Bertz CT molecular complexity index is 283. The molecule has 0 saturated carbocycles. The molecule has 0 radical (unpaired) electrons. The van der Waals surface area contributed by atoms with Gasteiger partial charge in [0.15, 0.2) is 0 Å². The molecule has 2 N–H and O–H groups in total. The molecular formula is C10H15N3. The van der Waals surface area contributed by atoms with Gasteiger partial charge in [-0.15, -0.1) is 6.58 Å². The van der Waals surface area contributed by atoms with Gasteiger partial charge in [-0.3, -0.25) is 0 Å². The number of pyridine rings is 1. The van der Waals surface area contributed by atoms with Crippen molar-refractivity contribution in [1.29, 1.82) is 0 Å². The van der Waals surface area contributed by atoms with Gasteiger partial charge in [-0.05, 0) is 12.1 Å². The van der Waals surface area contributed by atoms with Crippen LogP contribution in [-0.4, -0.2) is 18.6 Å². The fourth-order valence-corrected chi connectivity index (χ4v) is 1.08. The molecule has 0 saturated heterocycles. The Balaban J connectivity index is 2.81. The lowest BCUT2D eigenvalue weighted by Gasteiger charge is -2.16. The molecule has 0 atom stereocenters. The Morgan fingerprint density at radius 3 is 3.00 bits per heavy atom. The molecule has 0 fully saturated rings. The summed E-state index contributed by atoms with van der Waals surface area (Å²) in [6, 6.07) is 5.85. The van der Waals surface area contributed by atoms with E-state index in [1.54, 1.807) is 0 Å². The minimum absolute atomic E-state index is 0.482. The van der Waals surface area contributed by atoms with Crippen molar-refractivity contribution >= 4 is 5.82 Å². The lowest BCUT2D eigenvalue weighted by molar-refractivity contribution is 0.936. The first-order valence-corrected chi connectivity index (χ1v) is 4.26. The Kier molecular flexibility index (Phi) is 3.46. The summed E-state index contributed by atoms with van der Waals surface area (Å²) in [5.74, 6) is 0.933. The van der Waals surface area contributed by atoms with Gasteiger partial charge < -0.3 is 10.6 Å². The predicted octanol–water partition coefficient (Wildman–Crippen LogP) is 1.16. The van der Waals surface area contributed by atoms with Gasteiger partial charge in [-0.1, -0.05) is 12.1 Å². The number of rotatable bonds is 4. The fraction of sp³-hybridized carbons (Fsp3) is 0.300. The van der Waals surface area contributed by atoms with Gasteiger partial charge in [0, 0.05) is 20.1 Å². The highest BCUT2D eigenvalue weighted by Crippen LogP contribution is 2.08. The maximum absolute atomic E-state index is 5.49. The molecule has 70 valence electrons. The van der Waals surface area contributed by atoms with E-state index in [1.165, 1.54) is 0 Å². The van der Waals surface area contributed by atoms with Crippen molar-refractivity contribution < 1.29 is 0 Å². The first-order chi connectivity index (χ1) is 6.27. The van der Waals surface area contributed by atoms with E-state index in [1.807, 2.05) is 36.2 Å². The number of anilines is 1. The summed E-state index contributed by atoms with van der Waals surface area (Å²) >= 11 is 0. The van der Waals surface area contributed by atoms with Crippen LogP contribution >= 0.6 is 0 Å². The summed E-state index contributed by atoms with van der Waals surface area (Å²) in [6.07, 6.45) is 1.84. The highest BCUT2D eigenvalue weighted by molar-refractivity contribution is 5.38. The molecule has 0 aliphatic heterocycles. The Hall–Kier alpha value is -1.35. The van der Waals surface area contributed by atoms with E-state index in [2.05, 4.69) is 11.6 Å². The van der Waals surface area contributed by atoms with Crippen LogP contribution in [0.3, 0.4) is 0 Å². The molecule has 0 aromatic carbocycles. The van der Waals surface area contributed by atoms with Crippen LogP contribution in [0.5, 0.6) is 0 Å². The normalized spacial score (nSPS) is 9.69. The number of nitrogens with two attached hydrogens (primary N) is 1. The molecule has 0 spiro atoms. The van der Waals surface area contributed by atoms with E-state index in [0.717, 1.165) is 18.1 Å². The topological polar surface area (TPSA) is 42.1 Å². The maximum atomic E-state index is 5.49. The molecule has 0 aliphatic rings. The molecule has 0 unspecified atom stereocenters. The minimum Gasteiger partial charge on any atom is -0.356 e. The molecule has 0 aliphatic carbocycles. The number of likely N-dealkylation sites (N-methyl/N-ethyl adjacent to an activating group) is 1. The Labute approximate surface area is 78.9 Å². The number of hydrogen-bond donors (Lipinski definition) is 1. The summed E-state index contributed by atoms with van der Waals surface area (Å²) in [5.41, 5.74) is 6.40. The lowest BCUT2D eigenvalue weighted by atomic mass is 10.3. The third kappa shape index (κ3) is 2.56. The molecule has 1 aromatic rings. The van der Waals surface area contributed by atoms with E-state index in [4.69, 9.17) is 5.73 Å². The molecule has 0 bridgehead atoms. The zero-order chi connectivity index (χ0) is 9.68. The predicted molar refractivity (Wildman–Crippen MR) is 55.6 cm³/mol. The highest BCUT2D eigenvalue weighted by Gasteiger charge is 1.99. The van der Waals surface area contributed by atoms with E-state index >= 15 is 0 Å². The Morgan fingerprint density at radius 1 is 1.62 bits per heavy atom. The summed E-state index contributed by atoms with van der Waals surface area (Å²) in [7, 11) is 1.98. The van der Waals surface area contributed by atoms with E-state index in [9.17, 15) is 0 Å². The van der Waals surface area contributed by atoms with Crippen LogP contribution in [0.2, 0.25) is 0 Å². The Morgan fingerprint density at radius 2 is 2.38 bits per heavy atom. The minimum atomic E-state index is 0.482. The van der Waals surface area contributed by atoms with Crippen molar-refractivity contribution in [2.45, 2.75) is 6.54 Å². The lowest BCUT2D eigenvalue weighted by Crippen LogP contribution is -2.18. The fourth-order valence-electron chi connectivity index (χ4n) is 1.08. The van der Waals surface area contributed by atoms with Gasteiger partial charge in [0.05, 0.1) is 5.69 Å². The van der Waals surface area contributed by atoms with Crippen molar-refractivity contribution in [1.82, 2.24) is 4.98 Å². The van der Waals surface area contributed by atoms with E-state index in [0.29, 0.717) is 6.54 Å². The number of aromatic nitrogens is 1. The van der Waals surface area contributed by atoms with Crippen molar-refractivity contribution in [3.8, 4) is 0 Å². The first-order valence-electron chi connectivity index (χ1n) is 4.26. The molecular weight excluding hydrogens is 162 g/mol. The van der Waals surface area contributed by atoms with Gasteiger partial charge in [0.1, 0.15) is 5.82 Å². The van der Waals surface area contributed by atoms with Crippen LogP contribution in [0.25, 0.3) is 0 Å². The van der Waals surface area contributed by atoms with Gasteiger partial charge >= 0.3 is 0 Å². The molecule has 0 amide bonds. The SMILES string of the molecule is C=CCN(C)c1cccc(CN)n1. The second-order valence-corrected chi connectivity index (χ2v) is 2.86. The van der Waals surface area contributed by atoms with Crippen LogP contribution in [0.4, 0.5) is 5.82 Å². The molecule has 1 aromatic heterocycles. The molecule has 13 heavy (non-hydrogen) atoms. The van der Waals surface area contributed by atoms with Gasteiger partial charge in [0.25, 0.3) is 0 Å². The third-order valence-electron chi connectivity index (χ3n) is 1.80. The van der Waals surface area contributed by atoms with E-state index in [-0.39, 0.29) is 0 Å². The van der Waals surface area contributed by atoms with Crippen LogP contribution < -0.4 is 10.6 Å². The van der Waals surface area contributed by atoms with Crippen LogP contribution in [0, 0.1) is 0 Å². The van der Waals surface area contributed by atoms with Crippen molar-refractivity contribution in [2.24, 2.45) is 5.73 Å². The second kappa shape index (κ2) is 4.62. The van der Waals surface area contributed by atoms with Crippen molar-refractivity contribution in [3.05, 3.63) is 36.5 Å². The van der Waals surface area contributed by atoms with Crippen LogP contribution in [0.15, 0.2) is 30.9 Å². The summed E-state index contributed by atoms with van der Waals surface area (Å²) in [6.45, 7) is 4.95. The second-order valence-electron chi connectivity index (χ2n) is 2.86. The molecule has 1 rings (SSSR count). The van der Waals surface area contributed by atoms with Crippen molar-refractivity contribution in [3.63, 3.8) is 0 Å². The average molecular weight is 177 g/mol.